The van der Waals surface area contributed by atoms with E-state index in [9.17, 15) is 0 Å². The van der Waals surface area contributed by atoms with Crippen molar-refractivity contribution in [2.24, 2.45) is 0 Å². The van der Waals surface area contributed by atoms with Crippen LogP contribution in [0.15, 0.2) is 109 Å². The zero-order valence-electron chi connectivity index (χ0n) is 32.8. The third kappa shape index (κ3) is 12.4. The molecule has 270 valence electrons. The van der Waals surface area contributed by atoms with E-state index in [1.165, 1.54) is 78.1 Å². The fraction of sp³-hybridized carbons (Fsp3) is 0.333. The van der Waals surface area contributed by atoms with Gasteiger partial charge in [0.15, 0.2) is 0 Å². The van der Waals surface area contributed by atoms with Crippen molar-refractivity contribution >= 4 is 53.5 Å². The number of fused-ring (bicyclic) bond motifs is 2. The first-order chi connectivity index (χ1) is 23.1. The van der Waals surface area contributed by atoms with Gasteiger partial charge in [-0.05, 0) is 29.9 Å². The quantitative estimate of drug-likeness (QED) is 0.117. The van der Waals surface area contributed by atoms with Crippen LogP contribution in [0.25, 0.3) is 43.8 Å². The maximum atomic E-state index is 2.41. The van der Waals surface area contributed by atoms with E-state index < -0.39 is 16.1 Å². The van der Waals surface area contributed by atoms with E-state index in [0.29, 0.717) is 5.92 Å². The summed E-state index contributed by atoms with van der Waals surface area (Å²) in [5.41, 5.74) is 8.51. The Morgan fingerprint density at radius 2 is 1.04 bits per heavy atom. The average molecular weight is 845 g/mol. The predicted molar refractivity (Wildman–Crippen MR) is 226 cm³/mol. The van der Waals surface area contributed by atoms with Crippen molar-refractivity contribution in [1.29, 1.82) is 0 Å². The summed E-state index contributed by atoms with van der Waals surface area (Å²) in [7, 11) is -2.44. The van der Waals surface area contributed by atoms with E-state index in [4.69, 9.17) is 0 Å². The molecular formula is C45H58Cl2Si3Zr-2. The number of aryl methyl sites for hydroxylation is 1. The minimum Gasteiger partial charge on any atom is -1.00 e. The van der Waals surface area contributed by atoms with Crippen LogP contribution in [-0.4, -0.2) is 21.6 Å². The van der Waals surface area contributed by atoms with E-state index >= 15 is 0 Å². The van der Waals surface area contributed by atoms with E-state index in [1.54, 1.807) is 23.3 Å². The van der Waals surface area contributed by atoms with Crippen LogP contribution < -0.4 is 35.2 Å². The summed E-state index contributed by atoms with van der Waals surface area (Å²) in [6.45, 7) is 25.9. The third-order valence-corrected chi connectivity index (χ3v) is 13.5. The molecule has 0 N–H and O–H groups in total. The van der Waals surface area contributed by atoms with Crippen LogP contribution >= 0.6 is 0 Å². The Kier molecular flexibility index (Phi) is 17.8. The van der Waals surface area contributed by atoms with Gasteiger partial charge in [0.25, 0.3) is 0 Å². The van der Waals surface area contributed by atoms with Crippen LogP contribution in [0.3, 0.4) is 0 Å². The molecule has 51 heavy (non-hydrogen) atoms. The van der Waals surface area contributed by atoms with E-state index in [2.05, 4.69) is 182 Å². The summed E-state index contributed by atoms with van der Waals surface area (Å²) in [6.07, 6.45) is 3.60. The molecule has 0 heterocycles. The Labute approximate surface area is 339 Å². The van der Waals surface area contributed by atoms with Gasteiger partial charge in [-0.2, -0.15) is 12.1 Å². The molecule has 0 radical (unpaired) electrons. The van der Waals surface area contributed by atoms with Crippen molar-refractivity contribution in [3.63, 3.8) is 0 Å². The number of halogens is 2. The fourth-order valence-corrected chi connectivity index (χ4v) is 8.78. The zero-order valence-corrected chi connectivity index (χ0v) is 39.8. The normalized spacial score (nSPS) is 11.8. The fourth-order valence-electron chi connectivity index (χ4n) is 6.45. The minimum absolute atomic E-state index is 0. The summed E-state index contributed by atoms with van der Waals surface area (Å²) >= 11 is 1.74. The van der Waals surface area contributed by atoms with Crippen LogP contribution in [0.4, 0.5) is 0 Å². The summed E-state index contributed by atoms with van der Waals surface area (Å²) in [5.74, 6) is 0.643. The second-order valence-corrected chi connectivity index (χ2v) is 35.5. The van der Waals surface area contributed by atoms with Gasteiger partial charge in [0, 0.05) is 0 Å². The molecule has 0 aliphatic rings. The molecule has 0 aliphatic heterocycles. The molecule has 0 bridgehead atoms. The maximum absolute atomic E-state index is 2.41. The van der Waals surface area contributed by atoms with E-state index in [1.807, 2.05) is 0 Å². The first-order valence-corrected chi connectivity index (χ1v) is 31.4. The standard InChI is InChI=1S/C23H29Si.C20H23Si.C2H6Si.2ClH.Zr/c1-6-8-17(2)20-15-19-9-7-10-22(23(19)16-20)18-11-13-21(14-12-18)24(3,4)5;1-5-15-13-17-7-6-8-19(20(17)14-15)16-9-11-18(12-10-16)21(2,3)4;1-3-2;;;/h7,9-17H,6,8H2,1-5H3;6-14H,5H2,1-4H3;1-2H3;2*1H;/q2*-1;;;;+2/p-2. The largest absolute Gasteiger partial charge is 1.00 e. The average Bonchev–Trinajstić information content (AvgIpc) is 3.69. The number of hydrogen-bond donors (Lipinski definition) is 0. The van der Waals surface area contributed by atoms with Crippen molar-refractivity contribution < 1.29 is 48.1 Å². The second-order valence-electron chi connectivity index (χ2n) is 16.0. The molecule has 6 aromatic rings. The van der Waals surface area contributed by atoms with Gasteiger partial charge in [0.2, 0.25) is 0 Å². The molecule has 0 amide bonds. The van der Waals surface area contributed by atoms with Crippen LogP contribution in [-0.2, 0) is 29.8 Å². The maximum Gasteiger partial charge on any atom is -1.00 e. The van der Waals surface area contributed by atoms with Gasteiger partial charge >= 0.3 is 41.9 Å². The summed E-state index contributed by atoms with van der Waals surface area (Å²) < 4.78 is 0. The monoisotopic (exact) mass is 842 g/mol. The van der Waals surface area contributed by atoms with Gasteiger partial charge in [-0.3, -0.25) is 0 Å². The topological polar surface area (TPSA) is 0 Å². The van der Waals surface area contributed by atoms with Crippen molar-refractivity contribution in [1.82, 2.24) is 0 Å². The van der Waals surface area contributed by atoms with Crippen LogP contribution in [0.5, 0.6) is 0 Å². The van der Waals surface area contributed by atoms with Crippen molar-refractivity contribution in [3.05, 3.63) is 120 Å². The zero-order chi connectivity index (χ0) is 35.9. The molecule has 0 saturated carbocycles. The smallest absolute Gasteiger partial charge is 1.00 e. The van der Waals surface area contributed by atoms with E-state index in [-0.39, 0.29) is 30.2 Å². The Bertz CT molecular complexity index is 1970. The Balaban J connectivity index is 0.000000311. The molecule has 0 spiro atoms. The molecule has 0 fully saturated rings. The van der Waals surface area contributed by atoms with Gasteiger partial charge in [-0.25, -0.2) is 0 Å². The number of hydrogen-bond acceptors (Lipinski definition) is 0. The minimum atomic E-state index is -1.23. The van der Waals surface area contributed by atoms with E-state index in [0.717, 1.165) is 6.42 Å². The summed E-state index contributed by atoms with van der Waals surface area (Å²) in [6, 6.07) is 41.3. The van der Waals surface area contributed by atoms with Gasteiger partial charge in [-0.15, -0.1) is 69.1 Å². The van der Waals surface area contributed by atoms with Crippen LogP contribution in [0.1, 0.15) is 50.7 Å². The Morgan fingerprint density at radius 1 is 0.627 bits per heavy atom. The molecule has 6 heteroatoms. The van der Waals surface area contributed by atoms with Gasteiger partial charge in [0.05, 0.1) is 16.1 Å². The summed E-state index contributed by atoms with van der Waals surface area (Å²) in [4.78, 5) is 0. The number of rotatable bonds is 8. The Hall–Kier alpha value is -1.79. The van der Waals surface area contributed by atoms with Crippen molar-refractivity contribution in [2.75, 3.05) is 0 Å². The molecule has 6 rings (SSSR count). The van der Waals surface area contributed by atoms with Crippen LogP contribution in [0.2, 0.25) is 52.4 Å². The molecular weight excluding hydrogens is 787 g/mol. The SMILES string of the molecule is CCCC(C)c1cc2c(-c3ccc([Si](C)(C)C)cc3)cccc2[cH-]1.CCc1cc2c(-c3ccc([Si](C)(C)C)cc3)cccc2[cH-]1.C[Si](C)=[Zr+2].[Cl-].[Cl-]. The molecule has 6 aromatic carbocycles. The van der Waals surface area contributed by atoms with Crippen molar-refractivity contribution in [2.45, 2.75) is 98.3 Å². The first-order valence-electron chi connectivity index (χ1n) is 18.2. The van der Waals surface area contributed by atoms with Gasteiger partial charge in [0.1, 0.15) is 0 Å². The van der Waals surface area contributed by atoms with Crippen LogP contribution in [0, 0.1) is 0 Å². The molecule has 0 saturated heterocycles. The van der Waals surface area contributed by atoms with Crippen molar-refractivity contribution in [3.8, 4) is 22.3 Å². The number of benzene rings is 4. The molecule has 0 aliphatic carbocycles. The molecule has 0 nitrogen and oxygen atoms in total. The molecule has 1 unspecified atom stereocenters. The molecule has 1 atom stereocenters. The van der Waals surface area contributed by atoms with Gasteiger partial charge < -0.3 is 24.8 Å². The third-order valence-electron chi connectivity index (χ3n) is 9.41. The summed E-state index contributed by atoms with van der Waals surface area (Å²) in [5, 5.41) is 8.57. The second kappa shape index (κ2) is 20.1. The predicted octanol–water partition coefficient (Wildman–Crippen LogP) is 6.80. The molecule has 0 aromatic heterocycles. The van der Waals surface area contributed by atoms with Gasteiger partial charge in [-0.1, -0.05) is 149 Å². The Morgan fingerprint density at radius 3 is 1.43 bits per heavy atom. The first kappa shape index (κ1) is 45.4.